The van der Waals surface area contributed by atoms with Crippen LogP contribution in [0.15, 0.2) is 48.8 Å². The fourth-order valence-electron chi connectivity index (χ4n) is 1.33. The third-order valence-corrected chi connectivity index (χ3v) is 2.22. The van der Waals surface area contributed by atoms with E-state index in [9.17, 15) is 0 Å². The van der Waals surface area contributed by atoms with E-state index in [4.69, 9.17) is 4.74 Å². The van der Waals surface area contributed by atoms with Gasteiger partial charge in [-0.25, -0.2) is 0 Å². The van der Waals surface area contributed by atoms with Crippen LogP contribution in [-0.4, -0.2) is 0 Å². The third kappa shape index (κ3) is 8.08. The first-order valence-corrected chi connectivity index (χ1v) is 7.67. The first-order valence-electron chi connectivity index (χ1n) is 7.67. The van der Waals surface area contributed by atoms with Crippen molar-refractivity contribution >= 4 is 0 Å². The zero-order valence-corrected chi connectivity index (χ0v) is 14.3. The van der Waals surface area contributed by atoms with E-state index in [1.165, 1.54) is 12.8 Å². The molecule has 0 saturated carbocycles. The highest BCUT2D eigenvalue weighted by Gasteiger charge is 2.13. The summed E-state index contributed by atoms with van der Waals surface area (Å²) in [5.74, 6) is 1.64. The minimum Gasteiger partial charge on any atom is -0.348 e. The fraction of sp³-hybridized carbons (Fsp3) is 0.444. The van der Waals surface area contributed by atoms with Crippen LogP contribution in [0.2, 0.25) is 0 Å². The predicted molar refractivity (Wildman–Crippen MR) is 87.2 cm³/mol. The minimum atomic E-state index is 0.819. The molecule has 0 fully saturated rings. The second-order valence-corrected chi connectivity index (χ2v) is 4.82. The highest BCUT2D eigenvalue weighted by Crippen LogP contribution is 2.11. The van der Waals surface area contributed by atoms with Crippen LogP contribution in [0.4, 0.5) is 0 Å². The number of pyridine rings is 2. The van der Waals surface area contributed by atoms with E-state index in [1.54, 1.807) is 0 Å². The van der Waals surface area contributed by atoms with Crippen molar-refractivity contribution in [2.45, 2.75) is 40.5 Å². The standard InChI is InChI=1S/C12H14N2O.2C3H8/c1-13-9-5-3-7-11(13)15-12-8-4-6-10-14(12)2;2*1-3-2/h3-10H,1-2H3;2*3H2,1-2H3/q+2;;. The van der Waals surface area contributed by atoms with Gasteiger partial charge in [0.1, 0.15) is 14.1 Å². The maximum atomic E-state index is 5.77. The molecule has 0 bridgehead atoms. The van der Waals surface area contributed by atoms with Crippen molar-refractivity contribution in [2.75, 3.05) is 0 Å². The Kier molecular flexibility index (Phi) is 10.8. The van der Waals surface area contributed by atoms with E-state index >= 15 is 0 Å². The fourth-order valence-corrected chi connectivity index (χ4v) is 1.33. The van der Waals surface area contributed by atoms with Gasteiger partial charge < -0.3 is 4.74 Å². The topological polar surface area (TPSA) is 17.0 Å². The summed E-state index contributed by atoms with van der Waals surface area (Å²) in [4.78, 5) is 0. The van der Waals surface area contributed by atoms with E-state index in [0.717, 1.165) is 11.8 Å². The third-order valence-electron chi connectivity index (χ3n) is 2.22. The first-order chi connectivity index (χ1) is 10.1. The molecule has 21 heavy (non-hydrogen) atoms. The van der Waals surface area contributed by atoms with Gasteiger partial charge >= 0.3 is 11.8 Å². The Morgan fingerprint density at radius 2 is 1.05 bits per heavy atom. The SMILES string of the molecule is CCC.CCC.C[n+]1ccccc1Oc1cccc[n+]1C. The van der Waals surface area contributed by atoms with Gasteiger partial charge in [0.05, 0.1) is 12.1 Å². The summed E-state index contributed by atoms with van der Waals surface area (Å²) in [5.41, 5.74) is 0. The number of hydrogen-bond acceptors (Lipinski definition) is 1. The lowest BCUT2D eigenvalue weighted by atomic mass is 10.4. The second kappa shape index (κ2) is 11.9. The minimum absolute atomic E-state index is 0.819. The molecule has 2 rings (SSSR count). The Morgan fingerprint density at radius 3 is 1.33 bits per heavy atom. The van der Waals surface area contributed by atoms with Crippen LogP contribution >= 0.6 is 0 Å². The van der Waals surface area contributed by atoms with Crippen LogP contribution < -0.4 is 13.9 Å². The van der Waals surface area contributed by atoms with E-state index in [2.05, 4.69) is 27.7 Å². The number of ether oxygens (including phenoxy) is 1. The molecule has 0 aliphatic carbocycles. The average molecular weight is 290 g/mol. The molecule has 0 atom stereocenters. The Bertz CT molecular complexity index is 453. The zero-order valence-electron chi connectivity index (χ0n) is 14.3. The summed E-state index contributed by atoms with van der Waals surface area (Å²) in [5, 5.41) is 0. The van der Waals surface area contributed by atoms with Gasteiger partial charge in [-0.15, -0.1) is 0 Å². The van der Waals surface area contributed by atoms with Gasteiger partial charge in [-0.3, -0.25) is 0 Å². The molecule has 0 unspecified atom stereocenters. The normalized spacial score (nSPS) is 8.86. The molecule has 0 aliphatic heterocycles. The van der Waals surface area contributed by atoms with Crippen LogP contribution in [0.3, 0.4) is 0 Å². The molecule has 116 valence electrons. The average Bonchev–Trinajstić information content (AvgIpc) is 2.45. The molecule has 2 heterocycles. The largest absolute Gasteiger partial charge is 0.377 e. The van der Waals surface area contributed by atoms with Crippen molar-refractivity contribution in [1.82, 2.24) is 0 Å². The van der Waals surface area contributed by atoms with Crippen LogP contribution in [0.5, 0.6) is 11.8 Å². The summed E-state index contributed by atoms with van der Waals surface area (Å²) >= 11 is 0. The molecule has 2 aromatic rings. The van der Waals surface area contributed by atoms with E-state index in [0.29, 0.717) is 0 Å². The van der Waals surface area contributed by atoms with Crippen molar-refractivity contribution in [2.24, 2.45) is 14.1 Å². The van der Waals surface area contributed by atoms with E-state index in [-0.39, 0.29) is 0 Å². The molecule has 3 nitrogen and oxygen atoms in total. The Morgan fingerprint density at radius 1 is 0.714 bits per heavy atom. The predicted octanol–water partition coefficient (Wildman–Crippen LogP) is 3.96. The maximum Gasteiger partial charge on any atom is 0.377 e. The van der Waals surface area contributed by atoms with Crippen molar-refractivity contribution < 1.29 is 13.9 Å². The highest BCUT2D eigenvalue weighted by atomic mass is 16.5. The number of nitrogens with zero attached hydrogens (tertiary/aromatic N) is 2. The van der Waals surface area contributed by atoms with Crippen molar-refractivity contribution in [3.05, 3.63) is 48.8 Å². The van der Waals surface area contributed by atoms with Gasteiger partial charge in [-0.1, -0.05) is 40.5 Å². The molecule has 2 aromatic heterocycles. The van der Waals surface area contributed by atoms with Crippen LogP contribution in [0.25, 0.3) is 0 Å². The Hall–Kier alpha value is -1.90. The molecule has 0 aliphatic rings. The van der Waals surface area contributed by atoms with Gasteiger partial charge in [-0.05, 0) is 12.1 Å². The number of hydrogen-bond donors (Lipinski definition) is 0. The van der Waals surface area contributed by atoms with Gasteiger partial charge in [0.15, 0.2) is 12.4 Å². The van der Waals surface area contributed by atoms with Gasteiger partial charge in [0.2, 0.25) is 0 Å². The monoisotopic (exact) mass is 290 g/mol. The summed E-state index contributed by atoms with van der Waals surface area (Å²) < 4.78 is 9.64. The van der Waals surface area contributed by atoms with Gasteiger partial charge in [0.25, 0.3) is 0 Å². The smallest absolute Gasteiger partial charge is 0.348 e. The lowest BCUT2D eigenvalue weighted by Crippen LogP contribution is -2.33. The number of aryl methyl sites for hydroxylation is 2. The highest BCUT2D eigenvalue weighted by molar-refractivity contribution is 5.11. The zero-order chi connectivity index (χ0) is 16.1. The molecule has 0 N–H and O–H groups in total. The number of aromatic nitrogens is 2. The van der Waals surface area contributed by atoms with Gasteiger partial charge in [0, 0.05) is 12.1 Å². The Labute approximate surface area is 129 Å². The Balaban J connectivity index is 0.000000578. The van der Waals surface area contributed by atoms with E-state index in [1.807, 2.05) is 72.0 Å². The molecule has 0 radical (unpaired) electrons. The number of rotatable bonds is 2. The molecule has 0 saturated heterocycles. The van der Waals surface area contributed by atoms with Crippen molar-refractivity contribution in [3.8, 4) is 11.8 Å². The second-order valence-electron chi connectivity index (χ2n) is 4.82. The summed E-state index contributed by atoms with van der Waals surface area (Å²) in [6.45, 7) is 8.50. The van der Waals surface area contributed by atoms with E-state index < -0.39 is 0 Å². The molecule has 0 amide bonds. The van der Waals surface area contributed by atoms with Crippen molar-refractivity contribution in [1.29, 1.82) is 0 Å². The van der Waals surface area contributed by atoms with Crippen LogP contribution in [-0.2, 0) is 14.1 Å². The first kappa shape index (κ1) is 19.1. The lowest BCUT2D eigenvalue weighted by molar-refractivity contribution is -0.695. The molecular weight excluding hydrogens is 260 g/mol. The van der Waals surface area contributed by atoms with Crippen LogP contribution in [0.1, 0.15) is 40.5 Å². The summed E-state index contributed by atoms with van der Waals surface area (Å²) in [7, 11) is 3.91. The van der Waals surface area contributed by atoms with Crippen molar-refractivity contribution in [3.63, 3.8) is 0 Å². The van der Waals surface area contributed by atoms with Gasteiger partial charge in [-0.2, -0.15) is 9.13 Å². The summed E-state index contributed by atoms with van der Waals surface area (Å²) in [6.07, 6.45) is 6.41. The molecule has 0 spiro atoms. The van der Waals surface area contributed by atoms with Crippen LogP contribution in [0, 0.1) is 0 Å². The molecule has 3 heteroatoms. The lowest BCUT2D eigenvalue weighted by Gasteiger charge is -2.00. The quantitative estimate of drug-likeness (QED) is 0.765. The molecular formula is C18H30N2O+2. The molecule has 0 aromatic carbocycles. The maximum absolute atomic E-state index is 5.77. The summed E-state index contributed by atoms with van der Waals surface area (Å²) in [6, 6.07) is 11.7.